The van der Waals surface area contributed by atoms with E-state index in [9.17, 15) is 9.59 Å². The molecule has 0 bridgehead atoms. The van der Waals surface area contributed by atoms with Crippen LogP contribution >= 0.6 is 34.4 Å². The van der Waals surface area contributed by atoms with Gasteiger partial charge in [-0.25, -0.2) is 0 Å². The number of thioether (sulfide) groups is 1. The number of rotatable bonds is 10. The fourth-order valence-corrected chi connectivity index (χ4v) is 5.24. The third-order valence-corrected chi connectivity index (χ3v) is 7.45. The number of carbonyl (C=O) groups is 2. The number of hydrogen-bond acceptors (Lipinski definition) is 5. The van der Waals surface area contributed by atoms with Crippen LogP contribution in [0.25, 0.3) is 0 Å². The van der Waals surface area contributed by atoms with Crippen molar-refractivity contribution in [1.82, 2.24) is 20.1 Å². The van der Waals surface area contributed by atoms with E-state index >= 15 is 0 Å². The molecule has 0 aliphatic heterocycles. The summed E-state index contributed by atoms with van der Waals surface area (Å²) < 4.78 is 3.12. The zero-order valence-electron chi connectivity index (χ0n) is 21.6. The van der Waals surface area contributed by atoms with E-state index in [0.29, 0.717) is 29.0 Å². The number of amides is 2. The van der Waals surface area contributed by atoms with Crippen molar-refractivity contribution in [2.75, 3.05) is 11.1 Å². The molecule has 192 valence electrons. The Hall–Kier alpha value is -2.40. The predicted octanol–water partition coefficient (Wildman–Crippen LogP) is 6.19. The summed E-state index contributed by atoms with van der Waals surface area (Å²) in [6.07, 6.45) is 0. The molecule has 36 heavy (non-hydrogen) atoms. The maximum Gasteiger partial charge on any atom is 0.251 e. The Labute approximate surface area is 231 Å². The summed E-state index contributed by atoms with van der Waals surface area (Å²) in [5, 5.41) is 15.6. The minimum absolute atomic E-state index is 0.0940. The summed E-state index contributed by atoms with van der Waals surface area (Å²) in [6.45, 7) is 12.9. The van der Waals surface area contributed by atoms with Gasteiger partial charge in [-0.1, -0.05) is 57.2 Å². The number of aromatic nitrogens is 3. The van der Waals surface area contributed by atoms with Crippen molar-refractivity contribution < 1.29 is 9.59 Å². The number of nitrogens with zero attached hydrogens (tertiary/aromatic N) is 3. The molecule has 3 aromatic rings. The molecule has 0 aliphatic carbocycles. The first-order valence-electron chi connectivity index (χ1n) is 12.1. The molecule has 0 radical (unpaired) electrons. The topological polar surface area (TPSA) is 88.9 Å². The molecule has 3 rings (SSSR count). The average Bonchev–Trinajstić information content (AvgIpc) is 3.24. The highest BCUT2D eigenvalue weighted by atomic mass is 127. The van der Waals surface area contributed by atoms with Crippen LogP contribution in [0.2, 0.25) is 0 Å². The minimum Gasteiger partial charge on any atom is -0.342 e. The van der Waals surface area contributed by atoms with E-state index in [1.54, 1.807) is 0 Å². The van der Waals surface area contributed by atoms with E-state index in [0.717, 1.165) is 20.4 Å². The zero-order chi connectivity index (χ0) is 26.4. The van der Waals surface area contributed by atoms with Gasteiger partial charge < -0.3 is 15.2 Å². The van der Waals surface area contributed by atoms with Crippen LogP contribution in [0.4, 0.5) is 5.69 Å². The van der Waals surface area contributed by atoms with Gasteiger partial charge in [0, 0.05) is 21.4 Å². The molecule has 0 aliphatic rings. The molecular formula is C27H34IN5O2S. The largest absolute Gasteiger partial charge is 0.342 e. The second-order valence-electron chi connectivity index (χ2n) is 9.37. The van der Waals surface area contributed by atoms with Crippen molar-refractivity contribution in [2.45, 2.75) is 65.2 Å². The summed E-state index contributed by atoms with van der Waals surface area (Å²) in [6, 6.07) is 13.3. The van der Waals surface area contributed by atoms with Crippen molar-refractivity contribution in [2.24, 2.45) is 5.92 Å². The highest BCUT2D eigenvalue weighted by Gasteiger charge is 2.26. The number of benzene rings is 2. The first-order valence-corrected chi connectivity index (χ1v) is 14.2. The van der Waals surface area contributed by atoms with Crippen molar-refractivity contribution in [3.05, 3.63) is 68.5 Å². The van der Waals surface area contributed by atoms with E-state index in [1.807, 2.05) is 68.7 Å². The van der Waals surface area contributed by atoms with Gasteiger partial charge in [0.15, 0.2) is 11.0 Å². The van der Waals surface area contributed by atoms with E-state index < -0.39 is 0 Å². The van der Waals surface area contributed by atoms with Gasteiger partial charge in [-0.2, -0.15) is 0 Å². The third-order valence-electron chi connectivity index (χ3n) is 5.82. The second-order valence-corrected chi connectivity index (χ2v) is 11.6. The van der Waals surface area contributed by atoms with Crippen LogP contribution in [-0.2, 0) is 11.3 Å². The normalized spacial score (nSPS) is 12.1. The molecule has 1 atom stereocenters. The highest BCUT2D eigenvalue weighted by Crippen LogP contribution is 2.28. The van der Waals surface area contributed by atoms with Gasteiger partial charge >= 0.3 is 0 Å². The number of nitrogens with one attached hydrogen (secondary N) is 2. The quantitative estimate of drug-likeness (QED) is 0.209. The lowest BCUT2D eigenvalue weighted by Gasteiger charge is -2.22. The molecule has 0 fully saturated rings. The van der Waals surface area contributed by atoms with Crippen molar-refractivity contribution >= 4 is 51.9 Å². The zero-order valence-corrected chi connectivity index (χ0v) is 24.6. The van der Waals surface area contributed by atoms with Gasteiger partial charge in [0.25, 0.3) is 5.91 Å². The van der Waals surface area contributed by atoms with Gasteiger partial charge in [0.2, 0.25) is 5.91 Å². The van der Waals surface area contributed by atoms with Crippen LogP contribution in [0.3, 0.4) is 0 Å². The summed E-state index contributed by atoms with van der Waals surface area (Å²) in [5.74, 6) is 1.07. The lowest BCUT2D eigenvalue weighted by molar-refractivity contribution is -0.113. The van der Waals surface area contributed by atoms with Crippen LogP contribution in [0.1, 0.15) is 73.9 Å². The third kappa shape index (κ3) is 7.09. The smallest absolute Gasteiger partial charge is 0.251 e. The van der Waals surface area contributed by atoms with Gasteiger partial charge in [0.05, 0.1) is 11.8 Å². The van der Waals surface area contributed by atoms with Crippen LogP contribution in [0, 0.1) is 16.4 Å². The number of anilines is 1. The summed E-state index contributed by atoms with van der Waals surface area (Å²) in [5.41, 5.74) is 3.60. The van der Waals surface area contributed by atoms with Crippen LogP contribution < -0.4 is 10.6 Å². The first-order chi connectivity index (χ1) is 17.1. The molecular weight excluding hydrogens is 585 g/mol. The Morgan fingerprint density at radius 1 is 1.08 bits per heavy atom. The van der Waals surface area contributed by atoms with Crippen molar-refractivity contribution in [3.8, 4) is 0 Å². The monoisotopic (exact) mass is 619 g/mol. The second kappa shape index (κ2) is 12.7. The lowest BCUT2D eigenvalue weighted by Crippen LogP contribution is -2.33. The molecule has 2 aromatic carbocycles. The SMILES string of the molecule is CCn1c(SCC(=O)Nc2ccc(I)cc2C(C)C)nnc1[C@H](NC(=O)c1cccc(C)c1)C(C)C. The van der Waals surface area contributed by atoms with E-state index in [2.05, 4.69) is 63.3 Å². The Bertz CT molecular complexity index is 1220. The van der Waals surface area contributed by atoms with Gasteiger partial charge in [-0.3, -0.25) is 9.59 Å². The fourth-order valence-electron chi connectivity index (χ4n) is 3.92. The fraction of sp³-hybridized carbons (Fsp3) is 0.407. The van der Waals surface area contributed by atoms with Gasteiger partial charge in [0.1, 0.15) is 0 Å². The molecule has 0 saturated carbocycles. The van der Waals surface area contributed by atoms with E-state index in [-0.39, 0.29) is 29.5 Å². The maximum absolute atomic E-state index is 12.9. The van der Waals surface area contributed by atoms with Gasteiger partial charge in [-0.05, 0) is 84.2 Å². The maximum atomic E-state index is 12.9. The molecule has 0 saturated heterocycles. The summed E-state index contributed by atoms with van der Waals surface area (Å²) in [7, 11) is 0. The Morgan fingerprint density at radius 2 is 1.83 bits per heavy atom. The molecule has 7 nitrogen and oxygen atoms in total. The lowest BCUT2D eigenvalue weighted by atomic mass is 10.0. The summed E-state index contributed by atoms with van der Waals surface area (Å²) in [4.78, 5) is 25.7. The van der Waals surface area contributed by atoms with Crippen molar-refractivity contribution in [3.63, 3.8) is 0 Å². The molecule has 0 unspecified atom stereocenters. The molecule has 2 N–H and O–H groups in total. The average molecular weight is 620 g/mol. The molecule has 0 spiro atoms. The Balaban J connectivity index is 1.73. The van der Waals surface area contributed by atoms with Gasteiger partial charge in [-0.15, -0.1) is 10.2 Å². The number of halogens is 1. The predicted molar refractivity (Wildman–Crippen MR) is 155 cm³/mol. The van der Waals surface area contributed by atoms with Crippen LogP contribution in [0.5, 0.6) is 0 Å². The molecule has 2 amide bonds. The number of carbonyl (C=O) groups excluding carboxylic acids is 2. The Kier molecular flexibility index (Phi) is 9.95. The Morgan fingerprint density at radius 3 is 2.47 bits per heavy atom. The van der Waals surface area contributed by atoms with E-state index in [1.165, 1.54) is 11.8 Å². The molecule has 1 aromatic heterocycles. The molecule has 1 heterocycles. The summed E-state index contributed by atoms with van der Waals surface area (Å²) >= 11 is 3.63. The first kappa shape index (κ1) is 28.2. The van der Waals surface area contributed by atoms with Crippen LogP contribution in [0.15, 0.2) is 47.6 Å². The number of hydrogen-bond donors (Lipinski definition) is 2. The highest BCUT2D eigenvalue weighted by molar-refractivity contribution is 14.1. The van der Waals surface area contributed by atoms with E-state index in [4.69, 9.17) is 0 Å². The minimum atomic E-state index is -0.311. The molecule has 9 heteroatoms. The van der Waals surface area contributed by atoms with Crippen molar-refractivity contribution in [1.29, 1.82) is 0 Å². The van der Waals surface area contributed by atoms with Crippen LogP contribution in [-0.4, -0.2) is 32.3 Å². The number of aryl methyl sites for hydroxylation is 1. The standard InChI is InChI=1S/C27H34IN5O2S/c1-7-33-25(24(17(4)5)30-26(35)19-10-8-9-18(6)13-19)31-32-27(33)36-15-23(34)29-22-12-11-20(28)14-21(22)16(2)3/h8-14,16-17,24H,7,15H2,1-6H3,(H,29,34)(H,30,35)/t24-/m1/s1.